The molecule has 10 heteroatoms. The van der Waals surface area contributed by atoms with E-state index in [9.17, 15) is 20.0 Å². The average Bonchev–Trinajstić information content (AvgIpc) is 2.71. The molecule has 0 spiro atoms. The molecule has 2 aromatic rings. The first-order valence-corrected chi connectivity index (χ1v) is 9.11. The molecule has 0 saturated heterocycles. The number of aliphatic hydroxyl groups excluding tert-OH is 1. The second kappa shape index (κ2) is 10.9. The zero-order valence-electron chi connectivity index (χ0n) is 16.2. The smallest absolute Gasteiger partial charge is 0.341 e. The highest BCUT2D eigenvalue weighted by atomic mass is 16.6. The summed E-state index contributed by atoms with van der Waals surface area (Å²) in [5, 5.41) is 26.7. The SMILES string of the molecule is CCOC(=O)c1ccccc1OC(NCCNc1ccc([N+](=O)[O-])cn1)C(C)O. The summed E-state index contributed by atoms with van der Waals surface area (Å²) in [4.78, 5) is 26.1. The highest BCUT2D eigenvalue weighted by Gasteiger charge is 2.20. The minimum Gasteiger partial charge on any atom is -0.472 e. The molecular weight excluding hydrogens is 380 g/mol. The van der Waals surface area contributed by atoms with Crippen LogP contribution in [0, 0.1) is 10.1 Å². The van der Waals surface area contributed by atoms with E-state index in [0.29, 0.717) is 24.7 Å². The Morgan fingerprint density at radius 3 is 2.66 bits per heavy atom. The number of para-hydroxylation sites is 1. The topological polar surface area (TPSA) is 136 Å². The molecule has 0 aliphatic rings. The van der Waals surface area contributed by atoms with Crippen molar-refractivity contribution in [1.29, 1.82) is 0 Å². The van der Waals surface area contributed by atoms with E-state index in [1.807, 2.05) is 0 Å². The molecular formula is C19H24N4O6. The first kappa shape index (κ1) is 22.1. The van der Waals surface area contributed by atoms with Crippen LogP contribution in [0.2, 0.25) is 0 Å². The van der Waals surface area contributed by atoms with Gasteiger partial charge in [0.15, 0.2) is 6.23 Å². The van der Waals surface area contributed by atoms with Crippen molar-refractivity contribution in [3.8, 4) is 5.75 Å². The molecule has 0 radical (unpaired) electrons. The van der Waals surface area contributed by atoms with Gasteiger partial charge in [0.2, 0.25) is 0 Å². The summed E-state index contributed by atoms with van der Waals surface area (Å²) in [6.45, 7) is 4.35. The van der Waals surface area contributed by atoms with E-state index >= 15 is 0 Å². The Bertz CT molecular complexity index is 813. The number of ether oxygens (including phenoxy) is 2. The second-order valence-electron chi connectivity index (χ2n) is 6.04. The highest BCUT2D eigenvalue weighted by molar-refractivity contribution is 5.92. The maximum atomic E-state index is 12.1. The maximum absolute atomic E-state index is 12.1. The molecule has 156 valence electrons. The molecule has 3 N–H and O–H groups in total. The van der Waals surface area contributed by atoms with Crippen LogP contribution in [0.25, 0.3) is 0 Å². The predicted molar refractivity (Wildman–Crippen MR) is 106 cm³/mol. The monoisotopic (exact) mass is 404 g/mol. The average molecular weight is 404 g/mol. The van der Waals surface area contributed by atoms with Crippen LogP contribution in [0.4, 0.5) is 11.5 Å². The number of carbonyl (C=O) groups excluding carboxylic acids is 1. The Morgan fingerprint density at radius 1 is 1.28 bits per heavy atom. The molecule has 1 aromatic heterocycles. The zero-order chi connectivity index (χ0) is 21.2. The van der Waals surface area contributed by atoms with E-state index in [4.69, 9.17) is 9.47 Å². The number of esters is 1. The Kier molecular flexibility index (Phi) is 8.31. The third kappa shape index (κ3) is 6.70. The lowest BCUT2D eigenvalue weighted by molar-refractivity contribution is -0.385. The lowest BCUT2D eigenvalue weighted by Crippen LogP contribution is -2.45. The number of hydrogen-bond acceptors (Lipinski definition) is 9. The van der Waals surface area contributed by atoms with E-state index in [0.717, 1.165) is 0 Å². The molecule has 2 unspecified atom stereocenters. The summed E-state index contributed by atoms with van der Waals surface area (Å²) in [7, 11) is 0. The predicted octanol–water partition coefficient (Wildman–Crippen LogP) is 1.95. The van der Waals surface area contributed by atoms with Gasteiger partial charge in [-0.15, -0.1) is 0 Å². The van der Waals surface area contributed by atoms with Crippen LogP contribution in [0.1, 0.15) is 24.2 Å². The van der Waals surface area contributed by atoms with Gasteiger partial charge in [-0.1, -0.05) is 12.1 Å². The van der Waals surface area contributed by atoms with Crippen molar-refractivity contribution in [3.63, 3.8) is 0 Å². The minimum absolute atomic E-state index is 0.0866. The standard InChI is InChI=1S/C19H24N4O6/c1-3-28-19(25)15-6-4-5-7-16(15)29-18(13(2)24)21-11-10-20-17-9-8-14(12-22-17)23(26)27/h4-9,12-13,18,21,24H,3,10-11H2,1-2H3,(H,20,22). The number of rotatable bonds is 11. The van der Waals surface area contributed by atoms with Crippen LogP contribution in [-0.2, 0) is 4.74 Å². The van der Waals surface area contributed by atoms with E-state index < -0.39 is 23.2 Å². The van der Waals surface area contributed by atoms with Crippen LogP contribution in [0.5, 0.6) is 5.75 Å². The fraction of sp³-hybridized carbons (Fsp3) is 0.368. The number of carbonyl (C=O) groups is 1. The van der Waals surface area contributed by atoms with Crippen molar-refractivity contribution >= 4 is 17.5 Å². The number of aliphatic hydroxyl groups is 1. The van der Waals surface area contributed by atoms with E-state index in [1.165, 1.54) is 18.3 Å². The van der Waals surface area contributed by atoms with Crippen molar-refractivity contribution < 1.29 is 24.3 Å². The fourth-order valence-corrected chi connectivity index (χ4v) is 2.40. The maximum Gasteiger partial charge on any atom is 0.341 e. The van der Waals surface area contributed by atoms with Crippen LogP contribution < -0.4 is 15.4 Å². The summed E-state index contributed by atoms with van der Waals surface area (Å²) in [5.74, 6) is 0.285. The molecule has 29 heavy (non-hydrogen) atoms. The third-order valence-corrected chi connectivity index (χ3v) is 3.81. The van der Waals surface area contributed by atoms with Gasteiger partial charge in [0, 0.05) is 19.2 Å². The largest absolute Gasteiger partial charge is 0.472 e. The highest BCUT2D eigenvalue weighted by Crippen LogP contribution is 2.20. The number of pyridine rings is 1. The number of nitrogens with zero attached hydrogens (tertiary/aromatic N) is 2. The molecule has 1 aromatic carbocycles. The first-order valence-electron chi connectivity index (χ1n) is 9.11. The Hall–Kier alpha value is -3.24. The van der Waals surface area contributed by atoms with Gasteiger partial charge in [-0.25, -0.2) is 9.78 Å². The molecule has 10 nitrogen and oxygen atoms in total. The quantitative estimate of drug-likeness (QED) is 0.169. The normalized spacial score (nSPS) is 12.7. The lowest BCUT2D eigenvalue weighted by atomic mass is 10.2. The Labute approximate surface area is 168 Å². The summed E-state index contributed by atoms with van der Waals surface area (Å²) in [6.07, 6.45) is -0.455. The molecule has 0 aliphatic heterocycles. The number of hydrogen-bond donors (Lipinski definition) is 3. The van der Waals surface area contributed by atoms with Crippen molar-refractivity contribution in [2.75, 3.05) is 25.0 Å². The van der Waals surface area contributed by atoms with Crippen molar-refractivity contribution in [2.45, 2.75) is 26.2 Å². The van der Waals surface area contributed by atoms with Crippen LogP contribution >= 0.6 is 0 Å². The van der Waals surface area contributed by atoms with E-state index in [2.05, 4.69) is 15.6 Å². The summed E-state index contributed by atoms with van der Waals surface area (Å²) < 4.78 is 10.8. The molecule has 0 saturated carbocycles. The molecule has 0 aliphatic carbocycles. The molecule has 0 amide bonds. The molecule has 2 rings (SSSR count). The van der Waals surface area contributed by atoms with Crippen molar-refractivity contribution in [3.05, 3.63) is 58.3 Å². The van der Waals surface area contributed by atoms with Crippen molar-refractivity contribution in [1.82, 2.24) is 10.3 Å². The second-order valence-corrected chi connectivity index (χ2v) is 6.04. The lowest BCUT2D eigenvalue weighted by Gasteiger charge is -2.24. The Morgan fingerprint density at radius 2 is 2.03 bits per heavy atom. The molecule has 2 atom stereocenters. The first-order chi connectivity index (χ1) is 13.9. The fourth-order valence-electron chi connectivity index (χ4n) is 2.40. The third-order valence-electron chi connectivity index (χ3n) is 3.81. The van der Waals surface area contributed by atoms with Crippen LogP contribution in [-0.4, -0.2) is 53.0 Å². The van der Waals surface area contributed by atoms with Crippen LogP contribution in [0.15, 0.2) is 42.6 Å². The number of nitro groups is 1. The van der Waals surface area contributed by atoms with Gasteiger partial charge in [-0.2, -0.15) is 0 Å². The van der Waals surface area contributed by atoms with Gasteiger partial charge in [0.05, 0.1) is 11.5 Å². The Balaban J connectivity index is 1.91. The van der Waals surface area contributed by atoms with E-state index in [1.54, 1.807) is 38.1 Å². The van der Waals surface area contributed by atoms with Gasteiger partial charge in [0.25, 0.3) is 5.69 Å². The van der Waals surface area contributed by atoms with Gasteiger partial charge in [-0.3, -0.25) is 15.4 Å². The number of aromatic nitrogens is 1. The number of anilines is 1. The summed E-state index contributed by atoms with van der Waals surface area (Å²) in [6, 6.07) is 9.51. The van der Waals surface area contributed by atoms with Gasteiger partial charge >= 0.3 is 5.97 Å². The van der Waals surface area contributed by atoms with Crippen LogP contribution in [0.3, 0.4) is 0 Å². The summed E-state index contributed by atoms with van der Waals surface area (Å²) >= 11 is 0. The minimum atomic E-state index is -0.859. The number of nitrogens with one attached hydrogen (secondary N) is 2. The van der Waals surface area contributed by atoms with Gasteiger partial charge in [-0.05, 0) is 32.0 Å². The van der Waals surface area contributed by atoms with Crippen molar-refractivity contribution in [2.24, 2.45) is 0 Å². The number of benzene rings is 1. The molecule has 1 heterocycles. The summed E-state index contributed by atoms with van der Waals surface area (Å²) in [5.41, 5.74) is 0.187. The van der Waals surface area contributed by atoms with Gasteiger partial charge < -0.3 is 19.9 Å². The van der Waals surface area contributed by atoms with Gasteiger partial charge in [0.1, 0.15) is 29.4 Å². The zero-order valence-corrected chi connectivity index (χ0v) is 16.2. The molecule has 0 fully saturated rings. The van der Waals surface area contributed by atoms with E-state index in [-0.39, 0.29) is 17.9 Å². The molecule has 0 bridgehead atoms.